The highest BCUT2D eigenvalue weighted by Gasteiger charge is 2.20. The van der Waals surface area contributed by atoms with E-state index in [1.165, 1.54) is 6.07 Å². The number of nitro benzene ring substituents is 1. The van der Waals surface area contributed by atoms with E-state index in [0.717, 1.165) is 9.13 Å². The third kappa shape index (κ3) is 3.16. The Morgan fingerprint density at radius 1 is 1.12 bits per heavy atom. The summed E-state index contributed by atoms with van der Waals surface area (Å²) in [5, 5.41) is 15.6. The standard InChI is InChI=1S/C17H14IN3O4/c1-24-16-10-17(25-2)12(18)9-11(16)13-7-8-19-20(13)14-5-3-4-6-15(14)21(22)23/h3-10H,1-2H3. The summed E-state index contributed by atoms with van der Waals surface area (Å²) in [5.74, 6) is 1.29. The van der Waals surface area contributed by atoms with Gasteiger partial charge in [-0.25, -0.2) is 4.68 Å². The average Bonchev–Trinajstić information content (AvgIpc) is 3.10. The first-order valence-electron chi connectivity index (χ1n) is 7.26. The minimum atomic E-state index is -0.421. The SMILES string of the molecule is COc1cc(OC)c(-c2ccnn2-c2ccccc2[N+](=O)[O-])cc1I. The lowest BCUT2D eigenvalue weighted by molar-refractivity contribution is -0.384. The molecule has 0 bridgehead atoms. The second-order valence-corrected chi connectivity index (χ2v) is 6.22. The van der Waals surface area contributed by atoms with Crippen LogP contribution in [0.1, 0.15) is 0 Å². The molecule has 0 aliphatic carbocycles. The van der Waals surface area contributed by atoms with Gasteiger partial charge in [0.15, 0.2) is 0 Å². The first-order chi connectivity index (χ1) is 12.1. The maximum absolute atomic E-state index is 11.3. The van der Waals surface area contributed by atoms with Crippen LogP contribution in [-0.4, -0.2) is 28.9 Å². The van der Waals surface area contributed by atoms with Gasteiger partial charge in [-0.2, -0.15) is 5.10 Å². The quantitative estimate of drug-likeness (QED) is 0.332. The van der Waals surface area contributed by atoms with Gasteiger partial charge in [0.1, 0.15) is 17.2 Å². The summed E-state index contributed by atoms with van der Waals surface area (Å²) in [6.45, 7) is 0. The molecule has 1 aromatic heterocycles. The summed E-state index contributed by atoms with van der Waals surface area (Å²) in [4.78, 5) is 10.9. The van der Waals surface area contributed by atoms with Gasteiger partial charge in [0.05, 0.1) is 34.6 Å². The van der Waals surface area contributed by atoms with Gasteiger partial charge < -0.3 is 9.47 Å². The number of nitrogens with zero attached hydrogens (tertiary/aromatic N) is 3. The lowest BCUT2D eigenvalue weighted by atomic mass is 10.1. The number of ether oxygens (including phenoxy) is 2. The van der Waals surface area contributed by atoms with Crippen molar-refractivity contribution in [3.63, 3.8) is 0 Å². The van der Waals surface area contributed by atoms with Crippen molar-refractivity contribution in [2.45, 2.75) is 0 Å². The van der Waals surface area contributed by atoms with E-state index in [-0.39, 0.29) is 5.69 Å². The van der Waals surface area contributed by atoms with Crippen LogP contribution >= 0.6 is 22.6 Å². The summed E-state index contributed by atoms with van der Waals surface area (Å²) in [5.41, 5.74) is 1.82. The van der Waals surface area contributed by atoms with E-state index >= 15 is 0 Å². The van der Waals surface area contributed by atoms with Crippen LogP contribution in [0.15, 0.2) is 48.7 Å². The van der Waals surface area contributed by atoms with Gasteiger partial charge in [-0.3, -0.25) is 10.1 Å². The number of rotatable bonds is 5. The maximum Gasteiger partial charge on any atom is 0.294 e. The molecule has 0 radical (unpaired) electrons. The number of hydrogen-bond donors (Lipinski definition) is 0. The second-order valence-electron chi connectivity index (χ2n) is 5.06. The maximum atomic E-state index is 11.3. The Morgan fingerprint density at radius 2 is 1.84 bits per heavy atom. The molecule has 3 aromatic rings. The number of para-hydroxylation sites is 2. The molecule has 0 N–H and O–H groups in total. The van der Waals surface area contributed by atoms with E-state index in [1.54, 1.807) is 55.4 Å². The van der Waals surface area contributed by atoms with Crippen molar-refractivity contribution in [1.82, 2.24) is 9.78 Å². The fourth-order valence-corrected chi connectivity index (χ4v) is 3.24. The molecular formula is C17H14IN3O4. The van der Waals surface area contributed by atoms with Crippen molar-refractivity contribution < 1.29 is 14.4 Å². The lowest BCUT2D eigenvalue weighted by Gasteiger charge is -2.14. The molecule has 0 saturated heterocycles. The van der Waals surface area contributed by atoms with E-state index in [2.05, 4.69) is 27.7 Å². The molecule has 7 nitrogen and oxygen atoms in total. The molecule has 0 fully saturated rings. The molecular weight excluding hydrogens is 437 g/mol. The van der Waals surface area contributed by atoms with Crippen molar-refractivity contribution in [1.29, 1.82) is 0 Å². The summed E-state index contributed by atoms with van der Waals surface area (Å²) in [7, 11) is 3.16. The van der Waals surface area contributed by atoms with Crippen LogP contribution in [0.3, 0.4) is 0 Å². The highest BCUT2D eigenvalue weighted by molar-refractivity contribution is 14.1. The molecule has 0 saturated carbocycles. The third-order valence-electron chi connectivity index (χ3n) is 3.70. The van der Waals surface area contributed by atoms with Crippen molar-refractivity contribution in [2.75, 3.05) is 14.2 Å². The Hall–Kier alpha value is -2.62. The molecule has 128 valence electrons. The zero-order chi connectivity index (χ0) is 18.0. The van der Waals surface area contributed by atoms with Gasteiger partial charge in [-0.15, -0.1) is 0 Å². The van der Waals surface area contributed by atoms with Gasteiger partial charge in [-0.05, 0) is 40.8 Å². The van der Waals surface area contributed by atoms with E-state index in [9.17, 15) is 10.1 Å². The van der Waals surface area contributed by atoms with Crippen LogP contribution in [-0.2, 0) is 0 Å². The minimum absolute atomic E-state index is 0.0189. The molecule has 0 spiro atoms. The number of aromatic nitrogens is 2. The molecule has 3 rings (SSSR count). The Bertz CT molecular complexity index is 939. The smallest absolute Gasteiger partial charge is 0.294 e. The molecule has 0 aliphatic rings. The first-order valence-corrected chi connectivity index (χ1v) is 8.34. The predicted octanol–water partition coefficient (Wildman–Crippen LogP) is 4.07. The first kappa shape index (κ1) is 17.2. The molecule has 0 amide bonds. The number of benzene rings is 2. The highest BCUT2D eigenvalue weighted by atomic mass is 127. The molecule has 1 heterocycles. The van der Waals surface area contributed by atoms with Gasteiger partial charge >= 0.3 is 0 Å². The van der Waals surface area contributed by atoms with Crippen LogP contribution < -0.4 is 9.47 Å². The molecule has 0 atom stereocenters. The van der Waals surface area contributed by atoms with Crippen LogP contribution in [0.25, 0.3) is 16.9 Å². The van der Waals surface area contributed by atoms with Crippen molar-refractivity contribution >= 4 is 28.3 Å². The number of nitro groups is 1. The van der Waals surface area contributed by atoms with E-state index < -0.39 is 4.92 Å². The van der Waals surface area contributed by atoms with Crippen molar-refractivity contribution in [2.24, 2.45) is 0 Å². The largest absolute Gasteiger partial charge is 0.496 e. The third-order valence-corrected chi connectivity index (χ3v) is 4.54. The summed E-state index contributed by atoms with van der Waals surface area (Å²) < 4.78 is 13.2. The van der Waals surface area contributed by atoms with Gasteiger partial charge in [0, 0.05) is 17.7 Å². The monoisotopic (exact) mass is 451 g/mol. The second kappa shape index (κ2) is 7.09. The Morgan fingerprint density at radius 3 is 2.52 bits per heavy atom. The molecule has 25 heavy (non-hydrogen) atoms. The predicted molar refractivity (Wildman–Crippen MR) is 101 cm³/mol. The zero-order valence-corrected chi connectivity index (χ0v) is 15.6. The number of hydrogen-bond acceptors (Lipinski definition) is 5. The van der Waals surface area contributed by atoms with E-state index in [1.807, 2.05) is 6.07 Å². The van der Waals surface area contributed by atoms with Crippen LogP contribution in [0.2, 0.25) is 0 Å². The highest BCUT2D eigenvalue weighted by Crippen LogP contribution is 2.38. The van der Waals surface area contributed by atoms with Crippen LogP contribution in [0, 0.1) is 13.7 Å². The lowest BCUT2D eigenvalue weighted by Crippen LogP contribution is -2.04. The Kier molecular flexibility index (Phi) is 4.88. The van der Waals surface area contributed by atoms with Gasteiger partial charge in [0.25, 0.3) is 5.69 Å². The number of halogens is 1. The van der Waals surface area contributed by atoms with E-state index in [0.29, 0.717) is 22.9 Å². The topological polar surface area (TPSA) is 79.4 Å². The summed E-state index contributed by atoms with van der Waals surface area (Å²) in [6.07, 6.45) is 1.60. The summed E-state index contributed by atoms with van der Waals surface area (Å²) >= 11 is 2.17. The average molecular weight is 451 g/mol. The molecule has 8 heteroatoms. The Balaban J connectivity index is 2.22. The molecule has 0 unspecified atom stereocenters. The fourth-order valence-electron chi connectivity index (χ4n) is 2.56. The molecule has 2 aromatic carbocycles. The minimum Gasteiger partial charge on any atom is -0.496 e. The van der Waals surface area contributed by atoms with Crippen LogP contribution in [0.5, 0.6) is 11.5 Å². The van der Waals surface area contributed by atoms with Gasteiger partial charge in [-0.1, -0.05) is 12.1 Å². The normalized spacial score (nSPS) is 10.5. The van der Waals surface area contributed by atoms with Crippen molar-refractivity contribution in [3.8, 4) is 28.4 Å². The number of methoxy groups -OCH3 is 2. The molecule has 0 aliphatic heterocycles. The zero-order valence-electron chi connectivity index (χ0n) is 13.5. The Labute approximate surface area is 157 Å². The van der Waals surface area contributed by atoms with Crippen molar-refractivity contribution in [3.05, 3.63) is 62.3 Å². The fraction of sp³-hybridized carbons (Fsp3) is 0.118. The van der Waals surface area contributed by atoms with Gasteiger partial charge in [0.2, 0.25) is 0 Å². The van der Waals surface area contributed by atoms with Crippen LogP contribution in [0.4, 0.5) is 5.69 Å². The van der Waals surface area contributed by atoms with E-state index in [4.69, 9.17) is 9.47 Å². The summed E-state index contributed by atoms with van der Waals surface area (Å²) in [6, 6.07) is 12.0.